The second-order valence-corrected chi connectivity index (χ2v) is 14.2. The molecule has 0 spiro atoms. The maximum Gasteiger partial charge on any atom is 0.303 e. The van der Waals surface area contributed by atoms with Gasteiger partial charge in [0.05, 0.1) is 7.11 Å². The van der Waals surface area contributed by atoms with Crippen LogP contribution in [-0.2, 0) is 85.7 Å². The second kappa shape index (κ2) is 23.1. The van der Waals surface area contributed by atoms with Gasteiger partial charge in [-0.3, -0.25) is 38.4 Å². The van der Waals surface area contributed by atoms with Crippen LogP contribution in [0.25, 0.3) is 12.2 Å². The van der Waals surface area contributed by atoms with Gasteiger partial charge in [-0.25, -0.2) is 0 Å². The Labute approximate surface area is 367 Å². The standard InChI is InChI=1S/C43H50O21/c1-21(44)53-19-34-36(55-23(3)46)38(57-25(5)48)40(59-27(7)50)42(63-34)61-32-16-30(11-10-29-12-14-31(52-9)15-13-29)17-33(18-32)62-43-41(60-28(8)51)39(58-26(6)49)37(56-24(4)47)35(64-43)20-54-22(2)45/h10-18,34-43H,19-20H2,1-9H3/b11-10+/t34-,35-,36-,37-,38+,39+,40-,41-,42-,43-/m1/s1. The Morgan fingerprint density at radius 3 is 1.12 bits per heavy atom. The highest BCUT2D eigenvalue weighted by molar-refractivity contribution is 5.72. The van der Waals surface area contributed by atoms with Crippen molar-refractivity contribution in [3.63, 3.8) is 0 Å². The maximum absolute atomic E-state index is 12.5. The Balaban J connectivity index is 1.87. The molecule has 10 atom stereocenters. The van der Waals surface area contributed by atoms with Crippen LogP contribution in [0, 0.1) is 0 Å². The molecule has 2 aliphatic heterocycles. The monoisotopic (exact) mass is 902 g/mol. The summed E-state index contributed by atoms with van der Waals surface area (Å²) < 4.78 is 73.7. The van der Waals surface area contributed by atoms with E-state index < -0.39 is 122 Å². The third-order valence-corrected chi connectivity index (χ3v) is 8.89. The summed E-state index contributed by atoms with van der Waals surface area (Å²) in [6, 6.07) is 11.4. The first-order valence-electron chi connectivity index (χ1n) is 19.6. The highest BCUT2D eigenvalue weighted by Crippen LogP contribution is 2.36. The quantitative estimate of drug-likeness (QED) is 0.126. The highest BCUT2D eigenvalue weighted by atomic mass is 16.8. The van der Waals surface area contributed by atoms with Crippen LogP contribution >= 0.6 is 0 Å². The number of carbonyl (C=O) groups is 8. The first-order chi connectivity index (χ1) is 30.2. The summed E-state index contributed by atoms with van der Waals surface area (Å²) in [6.07, 6.45) is -11.9. The van der Waals surface area contributed by atoms with Gasteiger partial charge in [0.2, 0.25) is 24.8 Å². The van der Waals surface area contributed by atoms with Crippen LogP contribution in [-0.4, -0.2) is 129 Å². The molecule has 0 radical (unpaired) electrons. The van der Waals surface area contributed by atoms with Gasteiger partial charge in [0.25, 0.3) is 0 Å². The van der Waals surface area contributed by atoms with Gasteiger partial charge < -0.3 is 61.6 Å². The number of rotatable bonds is 17. The van der Waals surface area contributed by atoms with Gasteiger partial charge in [-0.2, -0.15) is 0 Å². The van der Waals surface area contributed by atoms with Crippen LogP contribution in [0.15, 0.2) is 42.5 Å². The minimum absolute atomic E-state index is 0.0709. The smallest absolute Gasteiger partial charge is 0.303 e. The Bertz CT molecular complexity index is 1930. The van der Waals surface area contributed by atoms with Gasteiger partial charge in [0.1, 0.15) is 42.7 Å². The molecule has 64 heavy (non-hydrogen) atoms. The maximum atomic E-state index is 12.5. The lowest BCUT2D eigenvalue weighted by molar-refractivity contribution is -0.289. The van der Waals surface area contributed by atoms with E-state index in [1.54, 1.807) is 36.4 Å². The van der Waals surface area contributed by atoms with Gasteiger partial charge in [-0.15, -0.1) is 0 Å². The molecule has 21 heteroatoms. The SMILES string of the molecule is COc1ccc(/C=C/c2cc(O[C@@H]3O[C@H](COC(C)=O)[C@@H](OC(C)=O)[C@H](OC(C)=O)[C@H]3OC(C)=O)cc(O[C@@H]3O[C@H](COC(C)=O)[C@@H](OC(C)=O)[C@H](OC(C)=O)[C@H]3OC(C)=O)c2)cc1. The van der Waals surface area contributed by atoms with Crippen molar-refractivity contribution in [3.05, 3.63) is 53.6 Å². The van der Waals surface area contributed by atoms with E-state index in [0.29, 0.717) is 11.3 Å². The lowest BCUT2D eigenvalue weighted by Crippen LogP contribution is -2.63. The van der Waals surface area contributed by atoms with E-state index in [4.69, 9.17) is 61.6 Å². The lowest BCUT2D eigenvalue weighted by atomic mass is 9.98. The van der Waals surface area contributed by atoms with E-state index in [0.717, 1.165) is 61.0 Å². The fourth-order valence-electron chi connectivity index (χ4n) is 6.57. The first-order valence-corrected chi connectivity index (χ1v) is 19.6. The molecule has 2 saturated heterocycles. The Kier molecular flexibility index (Phi) is 18.0. The third kappa shape index (κ3) is 15.0. The molecule has 21 nitrogen and oxygen atoms in total. The van der Waals surface area contributed by atoms with Crippen LogP contribution in [0.3, 0.4) is 0 Å². The molecule has 2 aromatic rings. The lowest BCUT2D eigenvalue weighted by Gasteiger charge is -2.44. The Hall–Kier alpha value is -6.74. The normalized spacial score (nSPS) is 25.1. The second-order valence-electron chi connectivity index (χ2n) is 14.2. The van der Waals surface area contributed by atoms with E-state index in [9.17, 15) is 38.4 Å². The molecule has 348 valence electrons. The minimum atomic E-state index is -1.67. The zero-order valence-corrected chi connectivity index (χ0v) is 36.5. The van der Waals surface area contributed by atoms with Crippen LogP contribution < -0.4 is 14.2 Å². The first kappa shape index (κ1) is 49.9. The zero-order chi connectivity index (χ0) is 47.2. The van der Waals surface area contributed by atoms with Crippen LogP contribution in [0.5, 0.6) is 17.2 Å². The van der Waals surface area contributed by atoms with E-state index >= 15 is 0 Å². The van der Waals surface area contributed by atoms with Crippen molar-refractivity contribution in [2.45, 2.75) is 117 Å². The minimum Gasteiger partial charge on any atom is -0.497 e. The molecule has 2 heterocycles. The predicted octanol–water partition coefficient (Wildman–Crippen LogP) is 2.79. The van der Waals surface area contributed by atoms with Crippen molar-refractivity contribution in [3.8, 4) is 17.2 Å². The molecule has 0 bridgehead atoms. The van der Waals surface area contributed by atoms with E-state index in [2.05, 4.69) is 0 Å². The molecule has 0 aromatic heterocycles. The summed E-state index contributed by atoms with van der Waals surface area (Å²) in [4.78, 5) is 98.3. The number of methoxy groups -OCH3 is 1. The number of esters is 8. The van der Waals surface area contributed by atoms with Crippen molar-refractivity contribution >= 4 is 59.9 Å². The Morgan fingerprint density at radius 1 is 0.438 bits per heavy atom. The predicted molar refractivity (Wildman–Crippen MR) is 214 cm³/mol. The summed E-state index contributed by atoms with van der Waals surface area (Å²) in [5, 5.41) is 0. The molecular weight excluding hydrogens is 852 g/mol. The molecule has 2 aliphatic rings. The number of hydrogen-bond donors (Lipinski definition) is 0. The molecule has 0 amide bonds. The molecule has 0 N–H and O–H groups in total. The molecule has 2 fully saturated rings. The largest absolute Gasteiger partial charge is 0.497 e. The van der Waals surface area contributed by atoms with Crippen molar-refractivity contribution in [2.24, 2.45) is 0 Å². The number of ether oxygens (including phenoxy) is 13. The summed E-state index contributed by atoms with van der Waals surface area (Å²) >= 11 is 0. The molecular formula is C43H50O21. The van der Waals surface area contributed by atoms with Crippen LogP contribution in [0.4, 0.5) is 0 Å². The van der Waals surface area contributed by atoms with Crippen molar-refractivity contribution < 1.29 is 99.9 Å². The van der Waals surface area contributed by atoms with Crippen molar-refractivity contribution in [2.75, 3.05) is 20.3 Å². The highest BCUT2D eigenvalue weighted by Gasteiger charge is 2.55. The molecule has 0 saturated carbocycles. The Morgan fingerprint density at radius 2 is 0.781 bits per heavy atom. The number of carbonyl (C=O) groups excluding carboxylic acids is 8. The molecule has 0 unspecified atom stereocenters. The van der Waals surface area contributed by atoms with Gasteiger partial charge in [-0.1, -0.05) is 24.3 Å². The summed E-state index contributed by atoms with van der Waals surface area (Å²) in [5.41, 5.74) is 1.10. The molecule has 4 rings (SSSR count). The number of hydrogen-bond acceptors (Lipinski definition) is 21. The fourth-order valence-corrected chi connectivity index (χ4v) is 6.57. The average Bonchev–Trinajstić information content (AvgIpc) is 3.19. The van der Waals surface area contributed by atoms with Gasteiger partial charge in [0.15, 0.2) is 24.4 Å². The number of benzene rings is 2. The van der Waals surface area contributed by atoms with Crippen LogP contribution in [0.1, 0.15) is 66.5 Å². The third-order valence-electron chi connectivity index (χ3n) is 8.89. The van der Waals surface area contributed by atoms with Crippen molar-refractivity contribution in [1.82, 2.24) is 0 Å². The topological polar surface area (TPSA) is 257 Å². The molecule has 0 aliphatic carbocycles. The van der Waals surface area contributed by atoms with E-state index in [1.165, 1.54) is 25.3 Å². The van der Waals surface area contributed by atoms with E-state index in [-0.39, 0.29) is 11.5 Å². The summed E-state index contributed by atoms with van der Waals surface area (Å²) in [5.74, 6) is -6.13. The summed E-state index contributed by atoms with van der Waals surface area (Å²) in [6.45, 7) is 7.62. The fraction of sp³-hybridized carbons (Fsp3) is 0.488. The molecule has 2 aromatic carbocycles. The van der Waals surface area contributed by atoms with Crippen molar-refractivity contribution in [1.29, 1.82) is 0 Å². The van der Waals surface area contributed by atoms with Gasteiger partial charge in [-0.05, 0) is 35.4 Å². The van der Waals surface area contributed by atoms with Gasteiger partial charge in [0, 0.05) is 61.5 Å². The zero-order valence-electron chi connectivity index (χ0n) is 36.5. The van der Waals surface area contributed by atoms with Gasteiger partial charge >= 0.3 is 47.8 Å². The summed E-state index contributed by atoms with van der Waals surface area (Å²) in [7, 11) is 1.52. The van der Waals surface area contributed by atoms with Crippen LogP contribution in [0.2, 0.25) is 0 Å². The average molecular weight is 903 g/mol. The van der Waals surface area contributed by atoms with E-state index in [1.807, 2.05) is 0 Å².